The van der Waals surface area contributed by atoms with Crippen molar-refractivity contribution in [3.05, 3.63) is 53.3 Å². The molecule has 1 aromatic heterocycles. The molecule has 1 aliphatic heterocycles. The molecule has 2 heterocycles. The maximum Gasteiger partial charge on any atom is 0.337 e. The number of hydrogen-bond donors (Lipinski definition) is 2. The van der Waals surface area contributed by atoms with Gasteiger partial charge in [-0.15, -0.1) is 0 Å². The third kappa shape index (κ3) is 3.55. The van der Waals surface area contributed by atoms with Gasteiger partial charge in [0.15, 0.2) is 11.5 Å². The van der Waals surface area contributed by atoms with Crippen molar-refractivity contribution < 1.29 is 24.2 Å². The predicted molar refractivity (Wildman–Crippen MR) is 89.1 cm³/mol. The van der Waals surface area contributed by atoms with E-state index in [4.69, 9.17) is 14.6 Å². The Balaban J connectivity index is 1.70. The lowest BCUT2D eigenvalue weighted by Gasteiger charge is -2.26. The van der Waals surface area contributed by atoms with Crippen LogP contribution in [0.5, 0.6) is 11.5 Å². The number of nitrogens with zero attached hydrogens (tertiary/aromatic N) is 1. The minimum absolute atomic E-state index is 0.0253. The summed E-state index contributed by atoms with van der Waals surface area (Å²) in [6.45, 7) is 4.57. The molecule has 25 heavy (non-hydrogen) atoms. The average molecular weight is 342 g/mol. The Bertz CT molecular complexity index is 832. The summed E-state index contributed by atoms with van der Waals surface area (Å²) in [4.78, 5) is 27.1. The van der Waals surface area contributed by atoms with E-state index in [-0.39, 0.29) is 29.2 Å². The van der Waals surface area contributed by atoms with Crippen molar-refractivity contribution in [3.63, 3.8) is 0 Å². The van der Waals surface area contributed by atoms with Crippen molar-refractivity contribution in [2.24, 2.45) is 0 Å². The number of aromatic carboxylic acids is 1. The van der Waals surface area contributed by atoms with Crippen LogP contribution < -0.4 is 14.8 Å². The summed E-state index contributed by atoms with van der Waals surface area (Å²) in [5.74, 6) is -0.0948. The van der Waals surface area contributed by atoms with E-state index in [1.54, 1.807) is 0 Å². The Morgan fingerprint density at radius 3 is 2.64 bits per heavy atom. The minimum atomic E-state index is -1.12. The summed E-state index contributed by atoms with van der Waals surface area (Å²) in [7, 11) is 0. The average Bonchev–Trinajstić information content (AvgIpc) is 3.07. The molecule has 0 saturated heterocycles. The molecule has 0 aliphatic carbocycles. The molecule has 2 N–H and O–H groups in total. The zero-order valence-electron chi connectivity index (χ0n) is 13.9. The van der Waals surface area contributed by atoms with Gasteiger partial charge in [0, 0.05) is 24.4 Å². The van der Waals surface area contributed by atoms with Gasteiger partial charge in [0.05, 0.1) is 11.1 Å². The maximum atomic E-state index is 12.3. The fraction of sp³-hybridized carbons (Fsp3) is 0.278. The van der Waals surface area contributed by atoms with Crippen LogP contribution in [0.25, 0.3) is 0 Å². The third-order valence-electron chi connectivity index (χ3n) is 4.09. The van der Waals surface area contributed by atoms with Crippen LogP contribution >= 0.6 is 0 Å². The van der Waals surface area contributed by atoms with Crippen LogP contribution in [0.1, 0.15) is 40.1 Å². The first-order valence-corrected chi connectivity index (χ1v) is 7.73. The number of rotatable bonds is 5. The fourth-order valence-electron chi connectivity index (χ4n) is 2.50. The third-order valence-corrected chi connectivity index (χ3v) is 4.09. The lowest BCUT2D eigenvalue weighted by molar-refractivity contribution is 0.0696. The number of pyridine rings is 1. The highest BCUT2D eigenvalue weighted by atomic mass is 16.7. The van der Waals surface area contributed by atoms with Gasteiger partial charge in [-0.05, 0) is 23.8 Å². The maximum absolute atomic E-state index is 12.3. The molecule has 7 nitrogen and oxygen atoms in total. The first-order valence-electron chi connectivity index (χ1n) is 7.73. The highest BCUT2D eigenvalue weighted by molar-refractivity contribution is 5.97. The summed E-state index contributed by atoms with van der Waals surface area (Å²) in [5.41, 5.74) is 0.826. The van der Waals surface area contributed by atoms with Crippen molar-refractivity contribution in [3.8, 4) is 11.5 Å². The number of benzene rings is 1. The second-order valence-electron chi connectivity index (χ2n) is 6.40. The smallest absolute Gasteiger partial charge is 0.337 e. The number of carboxylic acids is 1. The topological polar surface area (TPSA) is 97.8 Å². The van der Waals surface area contributed by atoms with E-state index < -0.39 is 5.97 Å². The Hall–Kier alpha value is -3.09. The largest absolute Gasteiger partial charge is 0.478 e. The summed E-state index contributed by atoms with van der Waals surface area (Å²) in [6, 6.07) is 6.99. The standard InChI is InChI=1S/C18H18N2O5/c1-18(2,13-3-4-14-15(6-13)25-10-24-14)9-20-16(21)11-5-12(17(22)23)8-19-7-11/h3-8H,9-10H2,1-2H3,(H,20,21)(H,22,23). The predicted octanol–water partition coefficient (Wildman–Crippen LogP) is 2.22. The quantitative estimate of drug-likeness (QED) is 0.865. The lowest BCUT2D eigenvalue weighted by Crippen LogP contribution is -2.36. The fourth-order valence-corrected chi connectivity index (χ4v) is 2.50. The Kier molecular flexibility index (Phi) is 4.31. The van der Waals surface area contributed by atoms with E-state index in [0.29, 0.717) is 18.0 Å². The molecule has 1 aliphatic rings. The Labute approximate surface area is 144 Å². The van der Waals surface area contributed by atoms with Crippen molar-refractivity contribution in [1.82, 2.24) is 10.3 Å². The SMILES string of the molecule is CC(C)(CNC(=O)c1cncc(C(=O)O)c1)c1ccc2c(c1)OCO2. The van der Waals surface area contributed by atoms with Crippen molar-refractivity contribution in [1.29, 1.82) is 0 Å². The number of ether oxygens (including phenoxy) is 2. The second kappa shape index (κ2) is 6.43. The molecule has 0 unspecified atom stereocenters. The number of fused-ring (bicyclic) bond motifs is 1. The van der Waals surface area contributed by atoms with Gasteiger partial charge in [-0.2, -0.15) is 0 Å². The summed E-state index contributed by atoms with van der Waals surface area (Å²) in [5, 5.41) is 11.8. The molecule has 1 aromatic carbocycles. The molecular formula is C18H18N2O5. The molecule has 3 rings (SSSR count). The van der Waals surface area contributed by atoms with Crippen LogP contribution in [0.15, 0.2) is 36.7 Å². The molecule has 130 valence electrons. The van der Waals surface area contributed by atoms with E-state index >= 15 is 0 Å². The van der Waals surface area contributed by atoms with E-state index in [9.17, 15) is 9.59 Å². The summed E-state index contributed by atoms with van der Waals surface area (Å²) < 4.78 is 10.7. The van der Waals surface area contributed by atoms with E-state index in [2.05, 4.69) is 10.3 Å². The first-order chi connectivity index (χ1) is 11.9. The minimum Gasteiger partial charge on any atom is -0.478 e. The van der Waals surface area contributed by atoms with Gasteiger partial charge in [0.2, 0.25) is 6.79 Å². The molecule has 0 atom stereocenters. The Morgan fingerprint density at radius 2 is 1.88 bits per heavy atom. The molecule has 7 heteroatoms. The van der Waals surface area contributed by atoms with E-state index in [1.165, 1.54) is 18.5 Å². The highest BCUT2D eigenvalue weighted by Crippen LogP contribution is 2.36. The monoisotopic (exact) mass is 342 g/mol. The molecule has 0 bridgehead atoms. The van der Waals surface area contributed by atoms with Gasteiger partial charge in [-0.3, -0.25) is 9.78 Å². The number of nitrogens with one attached hydrogen (secondary N) is 1. The zero-order chi connectivity index (χ0) is 18.0. The molecule has 1 amide bonds. The zero-order valence-corrected chi connectivity index (χ0v) is 13.9. The van der Waals surface area contributed by atoms with Gasteiger partial charge in [-0.25, -0.2) is 4.79 Å². The summed E-state index contributed by atoms with van der Waals surface area (Å²) in [6.07, 6.45) is 2.55. The van der Waals surface area contributed by atoms with Crippen LogP contribution in [0, 0.1) is 0 Å². The molecular weight excluding hydrogens is 324 g/mol. The second-order valence-corrected chi connectivity index (χ2v) is 6.40. The lowest BCUT2D eigenvalue weighted by atomic mass is 9.84. The van der Waals surface area contributed by atoms with Gasteiger partial charge in [0.1, 0.15) is 0 Å². The van der Waals surface area contributed by atoms with Crippen molar-refractivity contribution in [2.45, 2.75) is 19.3 Å². The highest BCUT2D eigenvalue weighted by Gasteiger charge is 2.25. The van der Waals surface area contributed by atoms with E-state index in [1.807, 2.05) is 32.0 Å². The number of carboxylic acid groups (broad SMARTS) is 1. The molecule has 0 saturated carbocycles. The van der Waals surface area contributed by atoms with Gasteiger partial charge in [-0.1, -0.05) is 19.9 Å². The van der Waals surface area contributed by atoms with Crippen LogP contribution in [-0.4, -0.2) is 35.3 Å². The number of amides is 1. The molecule has 0 radical (unpaired) electrons. The molecule has 2 aromatic rings. The molecule has 0 spiro atoms. The van der Waals surface area contributed by atoms with Crippen LogP contribution in [0.3, 0.4) is 0 Å². The van der Waals surface area contributed by atoms with Crippen molar-refractivity contribution >= 4 is 11.9 Å². The number of hydrogen-bond acceptors (Lipinski definition) is 5. The van der Waals surface area contributed by atoms with Crippen LogP contribution in [-0.2, 0) is 5.41 Å². The normalized spacial score (nSPS) is 12.7. The van der Waals surface area contributed by atoms with Crippen molar-refractivity contribution in [2.75, 3.05) is 13.3 Å². The number of carbonyl (C=O) groups excluding carboxylic acids is 1. The van der Waals surface area contributed by atoms with E-state index in [0.717, 1.165) is 5.56 Å². The van der Waals surface area contributed by atoms with Gasteiger partial charge in [0.25, 0.3) is 5.91 Å². The Morgan fingerprint density at radius 1 is 1.16 bits per heavy atom. The summed E-state index contributed by atoms with van der Waals surface area (Å²) >= 11 is 0. The first kappa shape index (κ1) is 16.8. The van der Waals surface area contributed by atoms with Crippen LogP contribution in [0.4, 0.5) is 0 Å². The number of aromatic nitrogens is 1. The van der Waals surface area contributed by atoms with Crippen LogP contribution in [0.2, 0.25) is 0 Å². The van der Waals surface area contributed by atoms with Gasteiger partial charge >= 0.3 is 5.97 Å². The van der Waals surface area contributed by atoms with Gasteiger partial charge < -0.3 is 19.9 Å². The molecule has 0 fully saturated rings. The number of carbonyl (C=O) groups is 2.